The summed E-state index contributed by atoms with van der Waals surface area (Å²) in [4.78, 5) is 53.5. The normalized spacial score (nSPS) is 17.1. The fourth-order valence-electron chi connectivity index (χ4n) is 4.91. The molecular weight excluding hydrogens is 494 g/mol. The molecule has 5 rings (SSSR count). The number of benzene rings is 1. The molecule has 1 N–H and O–H groups in total. The molecule has 0 bridgehead atoms. The highest BCUT2D eigenvalue weighted by atomic mass is 32.1. The summed E-state index contributed by atoms with van der Waals surface area (Å²) in [6, 6.07) is 9.88. The number of amides is 4. The number of carbonyl (C=O) groups excluding carboxylic acids is 3. The number of rotatable bonds is 6. The quantitative estimate of drug-likeness (QED) is 0.224. The van der Waals surface area contributed by atoms with Gasteiger partial charge in [-0.2, -0.15) is 0 Å². The van der Waals surface area contributed by atoms with Crippen molar-refractivity contribution in [3.8, 4) is 5.69 Å². The second kappa shape index (κ2) is 9.66. The molecule has 4 heterocycles. The maximum Gasteiger partial charge on any atom is 0.331 e. The van der Waals surface area contributed by atoms with Gasteiger partial charge in [0.2, 0.25) is 0 Å². The molecule has 2 saturated heterocycles. The third-order valence-corrected chi connectivity index (χ3v) is 7.57. The number of hydrogen-bond donors (Lipinski definition) is 1. The van der Waals surface area contributed by atoms with Gasteiger partial charge in [-0.3, -0.25) is 29.9 Å². The molecule has 190 valence electrons. The standard InChI is InChI=1S/C26H25N5O5S/c1-16-12-18(13-21-24(32)27-26(34)29(25(21)33)15-20-6-5-11-37-20)17(2)30(16)19-7-8-22(23(14-19)31(35)36)28-9-3-4-10-28/h5-8,11-14H,3-4,9-10,15H2,1-2H3,(H,27,32,34)/b21-13+. The number of anilines is 1. The molecule has 2 fully saturated rings. The minimum atomic E-state index is -0.757. The van der Waals surface area contributed by atoms with E-state index in [0.29, 0.717) is 22.6 Å². The minimum absolute atomic E-state index is 0.0383. The van der Waals surface area contributed by atoms with Gasteiger partial charge >= 0.3 is 6.03 Å². The molecule has 0 aliphatic carbocycles. The van der Waals surface area contributed by atoms with Gasteiger partial charge in [0, 0.05) is 35.4 Å². The number of imide groups is 2. The molecule has 0 unspecified atom stereocenters. The van der Waals surface area contributed by atoms with Crippen LogP contribution in [0.25, 0.3) is 11.8 Å². The van der Waals surface area contributed by atoms with Crippen LogP contribution in [0.3, 0.4) is 0 Å². The van der Waals surface area contributed by atoms with Crippen molar-refractivity contribution in [2.24, 2.45) is 0 Å². The van der Waals surface area contributed by atoms with E-state index in [1.54, 1.807) is 12.1 Å². The highest BCUT2D eigenvalue weighted by Crippen LogP contribution is 2.34. The molecule has 0 saturated carbocycles. The Morgan fingerprint density at radius 3 is 2.54 bits per heavy atom. The predicted octanol–water partition coefficient (Wildman–Crippen LogP) is 4.33. The van der Waals surface area contributed by atoms with Gasteiger partial charge in [0.15, 0.2) is 0 Å². The number of hydrogen-bond acceptors (Lipinski definition) is 7. The Morgan fingerprint density at radius 1 is 1.11 bits per heavy atom. The second-order valence-electron chi connectivity index (χ2n) is 9.07. The van der Waals surface area contributed by atoms with E-state index in [1.165, 1.54) is 17.4 Å². The maximum absolute atomic E-state index is 13.1. The van der Waals surface area contributed by atoms with Gasteiger partial charge in [0.25, 0.3) is 17.5 Å². The number of nitrogens with zero attached hydrogens (tertiary/aromatic N) is 4. The largest absolute Gasteiger partial charge is 0.366 e. The molecule has 3 aromatic rings. The Labute approximate surface area is 216 Å². The van der Waals surface area contributed by atoms with Crippen molar-refractivity contribution in [2.45, 2.75) is 33.2 Å². The van der Waals surface area contributed by atoms with E-state index in [-0.39, 0.29) is 22.7 Å². The lowest BCUT2D eigenvalue weighted by Gasteiger charge is -2.25. The van der Waals surface area contributed by atoms with E-state index in [1.807, 2.05) is 53.0 Å². The Kier molecular flexibility index (Phi) is 6.38. The second-order valence-corrected chi connectivity index (χ2v) is 10.1. The van der Waals surface area contributed by atoms with E-state index in [2.05, 4.69) is 5.32 Å². The van der Waals surface area contributed by atoms with Crippen LogP contribution >= 0.6 is 11.3 Å². The van der Waals surface area contributed by atoms with Crippen LogP contribution < -0.4 is 10.2 Å². The molecule has 2 aromatic heterocycles. The van der Waals surface area contributed by atoms with Gasteiger partial charge in [-0.15, -0.1) is 11.3 Å². The van der Waals surface area contributed by atoms with Crippen LogP contribution in [0.2, 0.25) is 0 Å². The molecular formula is C26H25N5O5S. The van der Waals surface area contributed by atoms with E-state index in [0.717, 1.165) is 41.4 Å². The minimum Gasteiger partial charge on any atom is -0.366 e. The summed E-state index contributed by atoms with van der Waals surface area (Å²) in [5.41, 5.74) is 3.20. The summed E-state index contributed by atoms with van der Waals surface area (Å²) in [7, 11) is 0. The molecule has 11 heteroatoms. The van der Waals surface area contributed by atoms with Crippen LogP contribution in [0, 0.1) is 24.0 Å². The van der Waals surface area contributed by atoms with Gasteiger partial charge in [0.05, 0.1) is 17.2 Å². The number of thiophene rings is 1. The van der Waals surface area contributed by atoms with Crippen LogP contribution in [0.5, 0.6) is 0 Å². The Morgan fingerprint density at radius 2 is 1.86 bits per heavy atom. The van der Waals surface area contributed by atoms with Gasteiger partial charge in [-0.25, -0.2) is 4.79 Å². The first-order valence-corrected chi connectivity index (χ1v) is 12.8. The zero-order valence-corrected chi connectivity index (χ0v) is 21.2. The number of nitro benzene ring substituents is 1. The number of barbiturate groups is 1. The smallest absolute Gasteiger partial charge is 0.331 e. The van der Waals surface area contributed by atoms with Crippen molar-refractivity contribution < 1.29 is 19.3 Å². The maximum atomic E-state index is 13.1. The molecule has 2 aliphatic rings. The lowest BCUT2D eigenvalue weighted by atomic mass is 10.1. The molecule has 1 aromatic carbocycles. The van der Waals surface area contributed by atoms with Crippen LogP contribution in [0.1, 0.15) is 34.7 Å². The van der Waals surface area contributed by atoms with Crippen molar-refractivity contribution in [3.63, 3.8) is 0 Å². The monoisotopic (exact) mass is 519 g/mol. The molecule has 0 radical (unpaired) electrons. The van der Waals surface area contributed by atoms with Gasteiger partial charge in [-0.05, 0) is 68.0 Å². The third-order valence-electron chi connectivity index (χ3n) is 6.71. The first-order valence-electron chi connectivity index (χ1n) is 11.9. The number of nitro groups is 1. The highest BCUT2D eigenvalue weighted by Gasteiger charge is 2.36. The van der Waals surface area contributed by atoms with E-state index >= 15 is 0 Å². The molecule has 37 heavy (non-hydrogen) atoms. The van der Waals surface area contributed by atoms with Crippen molar-refractivity contribution in [1.29, 1.82) is 0 Å². The summed E-state index contributed by atoms with van der Waals surface area (Å²) in [6.45, 7) is 5.33. The molecule has 4 amide bonds. The average Bonchev–Trinajstić information content (AvgIpc) is 3.62. The Bertz CT molecular complexity index is 1450. The fourth-order valence-corrected chi connectivity index (χ4v) is 5.60. The number of nitrogens with one attached hydrogen (secondary N) is 1. The van der Waals surface area contributed by atoms with E-state index in [4.69, 9.17) is 0 Å². The zero-order valence-electron chi connectivity index (χ0n) is 20.4. The van der Waals surface area contributed by atoms with Crippen LogP contribution in [0.4, 0.5) is 16.2 Å². The highest BCUT2D eigenvalue weighted by molar-refractivity contribution is 7.09. The fraction of sp³-hybridized carbons (Fsp3) is 0.269. The van der Waals surface area contributed by atoms with Crippen molar-refractivity contribution in [3.05, 3.63) is 79.3 Å². The van der Waals surface area contributed by atoms with Gasteiger partial charge < -0.3 is 9.47 Å². The number of aryl methyl sites for hydroxylation is 1. The van der Waals surface area contributed by atoms with E-state index in [9.17, 15) is 24.5 Å². The Balaban J connectivity index is 1.50. The summed E-state index contributed by atoms with van der Waals surface area (Å²) in [5.74, 6) is -1.43. The summed E-state index contributed by atoms with van der Waals surface area (Å²) in [5, 5.41) is 16.0. The van der Waals surface area contributed by atoms with Crippen LogP contribution in [-0.2, 0) is 16.1 Å². The SMILES string of the molecule is Cc1cc(/C=C2\C(=O)NC(=O)N(Cc3cccs3)C2=O)c(C)n1-c1ccc(N2CCCC2)c([N+](=O)[O-])c1. The number of carbonyl (C=O) groups is 3. The third kappa shape index (κ3) is 4.53. The summed E-state index contributed by atoms with van der Waals surface area (Å²) in [6.07, 6.45) is 3.49. The summed E-state index contributed by atoms with van der Waals surface area (Å²) < 4.78 is 1.85. The van der Waals surface area contributed by atoms with Gasteiger partial charge in [-0.1, -0.05) is 6.07 Å². The van der Waals surface area contributed by atoms with Crippen molar-refractivity contribution >= 4 is 46.6 Å². The molecule has 0 atom stereocenters. The average molecular weight is 520 g/mol. The lowest BCUT2D eigenvalue weighted by Crippen LogP contribution is -2.53. The zero-order chi connectivity index (χ0) is 26.3. The first kappa shape index (κ1) is 24.4. The lowest BCUT2D eigenvalue weighted by molar-refractivity contribution is -0.384. The first-order chi connectivity index (χ1) is 17.7. The van der Waals surface area contributed by atoms with Crippen LogP contribution in [0.15, 0.2) is 47.4 Å². The van der Waals surface area contributed by atoms with E-state index < -0.39 is 17.8 Å². The molecule has 0 spiro atoms. The summed E-state index contributed by atoms with van der Waals surface area (Å²) >= 11 is 1.41. The number of urea groups is 1. The predicted molar refractivity (Wildman–Crippen MR) is 140 cm³/mol. The van der Waals surface area contributed by atoms with Crippen molar-refractivity contribution in [2.75, 3.05) is 18.0 Å². The Hall–Kier alpha value is -4.25. The van der Waals surface area contributed by atoms with Crippen LogP contribution in [-0.4, -0.2) is 45.3 Å². The number of aromatic nitrogens is 1. The molecule has 2 aliphatic heterocycles. The van der Waals surface area contributed by atoms with Crippen molar-refractivity contribution in [1.82, 2.24) is 14.8 Å². The van der Waals surface area contributed by atoms with Gasteiger partial charge in [0.1, 0.15) is 11.3 Å². The molecule has 10 nitrogen and oxygen atoms in total. The topological polar surface area (TPSA) is 118 Å².